The van der Waals surface area contributed by atoms with Crippen LogP contribution in [-0.2, 0) is 9.61 Å². The number of rotatable bonds is 4. The second-order valence-electron chi connectivity index (χ2n) is 2.05. The summed E-state index contributed by atoms with van der Waals surface area (Å²) < 4.78 is 12.3. The lowest BCUT2D eigenvalue weighted by Gasteiger charge is -2.03. The lowest BCUT2D eigenvalue weighted by atomic mass is 10.3. The maximum atomic E-state index is 12.3. The molecule has 1 aromatic rings. The average molecular weight is 188 g/mol. The molecule has 0 amide bonds. The Morgan fingerprint density at radius 2 is 1.85 bits per heavy atom. The monoisotopic (exact) mass is 188 g/mol. The van der Waals surface area contributed by atoms with Crippen LogP contribution in [0, 0.1) is 5.82 Å². The quantitative estimate of drug-likeness (QED) is 0.411. The Kier molecular flexibility index (Phi) is 3.65. The summed E-state index contributed by atoms with van der Waals surface area (Å²) in [5.41, 5.74) is 0. The Morgan fingerprint density at radius 1 is 1.23 bits per heavy atom. The summed E-state index contributed by atoms with van der Waals surface area (Å²) in [6.45, 7) is 0. The van der Waals surface area contributed by atoms with Crippen LogP contribution < -0.4 is 4.89 Å². The Hall–Kier alpha value is -1.15. The lowest BCUT2D eigenvalue weighted by molar-refractivity contribution is -0.229. The van der Waals surface area contributed by atoms with Crippen LogP contribution >= 0.6 is 0 Å². The van der Waals surface area contributed by atoms with E-state index in [9.17, 15) is 4.39 Å². The van der Waals surface area contributed by atoms with Gasteiger partial charge in [0.25, 0.3) is 0 Å². The van der Waals surface area contributed by atoms with Gasteiger partial charge in [0.15, 0.2) is 5.75 Å². The zero-order valence-corrected chi connectivity index (χ0v) is 6.38. The van der Waals surface area contributed by atoms with Gasteiger partial charge < -0.3 is 9.91 Å². The van der Waals surface area contributed by atoms with E-state index in [0.717, 1.165) is 12.1 Å². The molecular formula is C6H6BFO5. The van der Waals surface area contributed by atoms with Crippen molar-refractivity contribution >= 4 is 7.32 Å². The second kappa shape index (κ2) is 4.78. The highest BCUT2D eigenvalue weighted by atomic mass is 19.1. The van der Waals surface area contributed by atoms with Crippen molar-refractivity contribution in [1.29, 1.82) is 0 Å². The van der Waals surface area contributed by atoms with Gasteiger partial charge in [-0.1, -0.05) is 0 Å². The van der Waals surface area contributed by atoms with Gasteiger partial charge in [-0.25, -0.2) is 9.20 Å². The molecule has 0 fully saturated rings. The van der Waals surface area contributed by atoms with Crippen LogP contribution in [-0.4, -0.2) is 17.6 Å². The fourth-order valence-electron chi connectivity index (χ4n) is 0.604. The summed E-state index contributed by atoms with van der Waals surface area (Å²) in [7, 11) is -1.90. The van der Waals surface area contributed by atoms with E-state index in [1.54, 1.807) is 0 Å². The van der Waals surface area contributed by atoms with Crippen LogP contribution in [0.1, 0.15) is 0 Å². The minimum Gasteiger partial charge on any atom is -0.398 e. The first-order valence-corrected chi connectivity index (χ1v) is 3.29. The van der Waals surface area contributed by atoms with Gasteiger partial charge in [0, 0.05) is 0 Å². The highest BCUT2D eigenvalue weighted by Crippen LogP contribution is 2.11. The van der Waals surface area contributed by atoms with Crippen molar-refractivity contribution in [2.45, 2.75) is 0 Å². The van der Waals surface area contributed by atoms with Gasteiger partial charge in [0.2, 0.25) is 0 Å². The molecular weight excluding hydrogens is 182 g/mol. The smallest absolute Gasteiger partial charge is 0.398 e. The van der Waals surface area contributed by atoms with E-state index in [-0.39, 0.29) is 5.75 Å². The van der Waals surface area contributed by atoms with E-state index in [1.807, 2.05) is 0 Å². The molecule has 0 aromatic heterocycles. The first-order valence-electron chi connectivity index (χ1n) is 3.29. The molecule has 7 heteroatoms. The van der Waals surface area contributed by atoms with Crippen molar-refractivity contribution in [3.8, 4) is 5.75 Å². The summed E-state index contributed by atoms with van der Waals surface area (Å²) >= 11 is 0. The Morgan fingerprint density at radius 3 is 2.38 bits per heavy atom. The van der Waals surface area contributed by atoms with Gasteiger partial charge in [0.05, 0.1) is 0 Å². The van der Waals surface area contributed by atoms with Gasteiger partial charge in [-0.2, -0.15) is 4.81 Å². The van der Waals surface area contributed by atoms with Crippen LogP contribution in [0.4, 0.5) is 4.39 Å². The van der Waals surface area contributed by atoms with Crippen LogP contribution in [0.3, 0.4) is 0 Å². The molecule has 0 aliphatic heterocycles. The van der Waals surface area contributed by atoms with Gasteiger partial charge in [-0.15, -0.1) is 0 Å². The summed E-state index contributed by atoms with van der Waals surface area (Å²) in [6, 6.07) is 4.84. The number of hydrogen-bond donors (Lipinski definition) is 2. The van der Waals surface area contributed by atoms with Crippen LogP contribution in [0.15, 0.2) is 24.3 Å². The summed E-state index contributed by atoms with van der Waals surface area (Å²) in [5, 5.41) is 16.3. The van der Waals surface area contributed by atoms with E-state index >= 15 is 0 Å². The third-order valence-electron chi connectivity index (χ3n) is 1.13. The average Bonchev–Trinajstić information content (AvgIpc) is 2.16. The van der Waals surface area contributed by atoms with Crippen molar-refractivity contribution in [1.82, 2.24) is 0 Å². The number of halogens is 1. The normalized spacial score (nSPS) is 9.77. The van der Waals surface area contributed by atoms with E-state index in [2.05, 4.69) is 14.5 Å². The van der Waals surface area contributed by atoms with E-state index in [1.165, 1.54) is 12.1 Å². The third-order valence-corrected chi connectivity index (χ3v) is 1.13. The molecule has 0 saturated carbocycles. The Bertz CT molecular complexity index is 254. The van der Waals surface area contributed by atoms with Crippen LogP contribution in [0.25, 0.3) is 0 Å². The van der Waals surface area contributed by atoms with E-state index in [0.29, 0.717) is 0 Å². The Labute approximate surface area is 73.3 Å². The highest BCUT2D eigenvalue weighted by molar-refractivity contribution is 6.33. The highest BCUT2D eigenvalue weighted by Gasteiger charge is 2.17. The predicted octanol–water partition coefficient (Wildman–Crippen LogP) is 0.603. The Balaban J connectivity index is 2.41. The maximum Gasteiger partial charge on any atom is 0.703 e. The number of hydrogen-bond acceptors (Lipinski definition) is 5. The summed E-state index contributed by atoms with van der Waals surface area (Å²) in [5.74, 6) is -0.260. The minimum absolute atomic E-state index is 0.164. The van der Waals surface area contributed by atoms with Crippen molar-refractivity contribution in [2.75, 3.05) is 0 Å². The van der Waals surface area contributed by atoms with Crippen LogP contribution in [0.2, 0.25) is 0 Å². The molecule has 70 valence electrons. The van der Waals surface area contributed by atoms with Crippen molar-refractivity contribution in [3.63, 3.8) is 0 Å². The second-order valence-corrected chi connectivity index (χ2v) is 2.05. The zero-order valence-electron chi connectivity index (χ0n) is 6.38. The van der Waals surface area contributed by atoms with Gasteiger partial charge in [0.1, 0.15) is 5.82 Å². The first kappa shape index (κ1) is 9.94. The molecule has 2 N–H and O–H groups in total. The summed E-state index contributed by atoms with van der Waals surface area (Å²) in [6.07, 6.45) is 0. The molecule has 13 heavy (non-hydrogen) atoms. The molecule has 1 rings (SSSR count). The molecule has 0 bridgehead atoms. The van der Waals surface area contributed by atoms with Gasteiger partial charge >= 0.3 is 7.32 Å². The topological polar surface area (TPSA) is 68.2 Å². The molecule has 0 radical (unpaired) electrons. The SMILES string of the molecule is OOB(O)OOc1ccc(F)cc1. The molecule has 0 heterocycles. The van der Waals surface area contributed by atoms with Crippen molar-refractivity contribution < 1.29 is 29.2 Å². The predicted molar refractivity (Wildman–Crippen MR) is 39.8 cm³/mol. The van der Waals surface area contributed by atoms with Crippen molar-refractivity contribution in [3.05, 3.63) is 30.1 Å². The molecule has 0 spiro atoms. The molecule has 0 atom stereocenters. The standard InChI is InChI=1S/C6H6BFO5/c8-5-1-3-6(4-2-5)11-13-7(9)12-10/h1-4,9-10H. The van der Waals surface area contributed by atoms with Gasteiger partial charge in [-0.05, 0) is 24.3 Å². The third kappa shape index (κ3) is 3.39. The molecule has 0 unspecified atom stereocenters. The fraction of sp³-hybridized carbons (Fsp3) is 0. The molecule has 0 saturated heterocycles. The lowest BCUT2D eigenvalue weighted by Crippen LogP contribution is -2.22. The van der Waals surface area contributed by atoms with Gasteiger partial charge in [-0.3, -0.25) is 5.26 Å². The van der Waals surface area contributed by atoms with E-state index < -0.39 is 13.1 Å². The number of benzene rings is 1. The molecule has 0 aliphatic carbocycles. The molecule has 1 aromatic carbocycles. The largest absolute Gasteiger partial charge is 0.703 e. The maximum absolute atomic E-state index is 12.3. The fourth-order valence-corrected chi connectivity index (χ4v) is 0.604. The first-order chi connectivity index (χ1) is 6.22. The summed E-state index contributed by atoms with van der Waals surface area (Å²) in [4.78, 5) is 11.8. The van der Waals surface area contributed by atoms with Crippen molar-refractivity contribution in [2.24, 2.45) is 0 Å². The zero-order chi connectivity index (χ0) is 9.68. The molecule has 0 aliphatic rings. The van der Waals surface area contributed by atoms with Crippen LogP contribution in [0.5, 0.6) is 5.75 Å². The van der Waals surface area contributed by atoms with E-state index in [4.69, 9.17) is 10.3 Å². The minimum atomic E-state index is -1.90. The molecule has 5 nitrogen and oxygen atoms in total.